The number of benzene rings is 1. The number of hydrogen-bond acceptors (Lipinski definition) is 1. The van der Waals surface area contributed by atoms with Crippen molar-refractivity contribution in [3.63, 3.8) is 0 Å². The number of carbonyl (C=O) groups excluding carboxylic acids is 1. The van der Waals surface area contributed by atoms with E-state index < -0.39 is 0 Å². The van der Waals surface area contributed by atoms with E-state index in [4.69, 9.17) is 23.2 Å². The molecule has 0 atom stereocenters. The zero-order valence-corrected chi connectivity index (χ0v) is 10.2. The molecule has 0 unspecified atom stereocenters. The minimum atomic E-state index is -0.248. The third kappa shape index (κ3) is 4.09. The summed E-state index contributed by atoms with van der Waals surface area (Å²) in [5, 5.41) is 3.61. The molecule has 0 aliphatic carbocycles. The van der Waals surface area contributed by atoms with Gasteiger partial charge in [-0.1, -0.05) is 41.4 Å². The van der Waals surface area contributed by atoms with Crippen LogP contribution in [0.1, 0.15) is 6.92 Å². The van der Waals surface area contributed by atoms with E-state index >= 15 is 0 Å². The van der Waals surface area contributed by atoms with E-state index in [1.165, 1.54) is 6.08 Å². The maximum atomic E-state index is 11.4. The summed E-state index contributed by atoms with van der Waals surface area (Å²) < 4.78 is 0. The Kier molecular flexibility index (Phi) is 5.09. The fraction of sp³-hybridized carbons (Fsp3) is 0.0833. The molecule has 2 nitrogen and oxygen atoms in total. The molecule has 1 N–H and O–H groups in total. The molecule has 0 heterocycles. The van der Waals surface area contributed by atoms with Crippen LogP contribution in [0.3, 0.4) is 0 Å². The average Bonchev–Trinajstić information content (AvgIpc) is 2.24. The van der Waals surface area contributed by atoms with E-state index in [1.54, 1.807) is 30.4 Å². The molecule has 0 aliphatic rings. The largest absolute Gasteiger partial charge is 0.321 e. The molecule has 4 heteroatoms. The molecule has 0 saturated carbocycles. The Bertz CT molecular complexity index is 439. The van der Waals surface area contributed by atoms with Crippen molar-refractivity contribution in [3.05, 3.63) is 52.5 Å². The summed E-state index contributed by atoms with van der Waals surface area (Å²) in [6.45, 7) is 1.87. The second kappa shape index (κ2) is 6.36. The van der Waals surface area contributed by atoms with Gasteiger partial charge in [-0.05, 0) is 25.1 Å². The summed E-state index contributed by atoms with van der Waals surface area (Å²) >= 11 is 11.7. The molecule has 0 bridgehead atoms. The van der Waals surface area contributed by atoms with Crippen molar-refractivity contribution < 1.29 is 4.79 Å². The zero-order valence-electron chi connectivity index (χ0n) is 8.71. The lowest BCUT2D eigenvalue weighted by molar-refractivity contribution is -0.111. The number of halogens is 2. The van der Waals surface area contributed by atoms with Crippen LogP contribution in [0.2, 0.25) is 10.0 Å². The van der Waals surface area contributed by atoms with Gasteiger partial charge in [0.15, 0.2) is 0 Å². The molecular formula is C12H11Cl2NO. The highest BCUT2D eigenvalue weighted by Gasteiger charge is 2.03. The predicted octanol–water partition coefficient (Wildman–Crippen LogP) is 4.06. The maximum absolute atomic E-state index is 11.4. The molecule has 1 aromatic rings. The first-order chi connectivity index (χ1) is 7.63. The van der Waals surface area contributed by atoms with E-state index in [1.807, 2.05) is 13.0 Å². The Hall–Kier alpha value is -1.25. The summed E-state index contributed by atoms with van der Waals surface area (Å²) in [4.78, 5) is 11.4. The van der Waals surface area contributed by atoms with Gasteiger partial charge in [0.05, 0.1) is 10.7 Å². The molecule has 0 fully saturated rings. The zero-order chi connectivity index (χ0) is 12.0. The van der Waals surface area contributed by atoms with Gasteiger partial charge >= 0.3 is 0 Å². The Labute approximate surface area is 105 Å². The van der Waals surface area contributed by atoms with Gasteiger partial charge in [-0.2, -0.15) is 0 Å². The quantitative estimate of drug-likeness (QED) is 0.641. The number of allylic oxidation sites excluding steroid dienone is 3. The van der Waals surface area contributed by atoms with Crippen molar-refractivity contribution >= 4 is 34.8 Å². The monoisotopic (exact) mass is 255 g/mol. The third-order valence-corrected chi connectivity index (χ3v) is 2.30. The third-order valence-electron chi connectivity index (χ3n) is 1.74. The first-order valence-corrected chi connectivity index (χ1v) is 5.44. The lowest BCUT2D eigenvalue weighted by Gasteiger charge is -2.04. The van der Waals surface area contributed by atoms with Gasteiger partial charge in [0, 0.05) is 11.1 Å². The lowest BCUT2D eigenvalue weighted by atomic mass is 10.3. The molecule has 0 radical (unpaired) electrons. The van der Waals surface area contributed by atoms with Crippen LogP contribution >= 0.6 is 23.2 Å². The van der Waals surface area contributed by atoms with Gasteiger partial charge in [-0.3, -0.25) is 4.79 Å². The van der Waals surface area contributed by atoms with E-state index in [2.05, 4.69) is 5.32 Å². The second-order valence-corrected chi connectivity index (χ2v) is 3.84. The van der Waals surface area contributed by atoms with Crippen LogP contribution in [-0.2, 0) is 4.79 Å². The highest BCUT2D eigenvalue weighted by Crippen LogP contribution is 2.25. The number of nitrogens with one attached hydrogen (secondary N) is 1. The number of carbonyl (C=O) groups is 1. The number of rotatable bonds is 3. The van der Waals surface area contributed by atoms with Crippen LogP contribution < -0.4 is 5.32 Å². The molecule has 1 aromatic carbocycles. The number of hydrogen-bond donors (Lipinski definition) is 1. The summed E-state index contributed by atoms with van der Waals surface area (Å²) in [7, 11) is 0. The van der Waals surface area contributed by atoms with Gasteiger partial charge in [0.25, 0.3) is 0 Å². The van der Waals surface area contributed by atoms with Crippen LogP contribution in [-0.4, -0.2) is 5.91 Å². The maximum Gasteiger partial charge on any atom is 0.248 e. The molecule has 84 valence electrons. The van der Waals surface area contributed by atoms with Crippen LogP contribution in [0.4, 0.5) is 5.69 Å². The van der Waals surface area contributed by atoms with Crippen LogP contribution in [0.25, 0.3) is 0 Å². The molecule has 0 saturated heterocycles. The molecule has 16 heavy (non-hydrogen) atoms. The van der Waals surface area contributed by atoms with E-state index in [0.29, 0.717) is 15.7 Å². The Morgan fingerprint density at radius 2 is 2.06 bits per heavy atom. The Balaban J connectivity index is 2.73. The van der Waals surface area contributed by atoms with Crippen molar-refractivity contribution in [3.8, 4) is 0 Å². The SMILES string of the molecule is CC=CC=CC(=O)Nc1cc(Cl)ccc1Cl. The van der Waals surface area contributed by atoms with Crippen LogP contribution in [0.15, 0.2) is 42.5 Å². The Morgan fingerprint density at radius 1 is 1.31 bits per heavy atom. The van der Waals surface area contributed by atoms with E-state index in [0.717, 1.165) is 0 Å². The fourth-order valence-electron chi connectivity index (χ4n) is 1.02. The summed E-state index contributed by atoms with van der Waals surface area (Å²) in [6, 6.07) is 4.90. The predicted molar refractivity (Wildman–Crippen MR) is 69.0 cm³/mol. The number of anilines is 1. The summed E-state index contributed by atoms with van der Waals surface area (Å²) in [5.41, 5.74) is 0.504. The standard InChI is InChI=1S/C12H11Cl2NO/c1-2-3-4-5-12(16)15-11-8-9(13)6-7-10(11)14/h2-8H,1H3,(H,15,16). The topological polar surface area (TPSA) is 29.1 Å². The van der Waals surface area contributed by atoms with Gasteiger partial charge < -0.3 is 5.32 Å². The molecule has 0 aromatic heterocycles. The highest BCUT2D eigenvalue weighted by atomic mass is 35.5. The lowest BCUT2D eigenvalue weighted by Crippen LogP contribution is -2.07. The second-order valence-electron chi connectivity index (χ2n) is 3.00. The van der Waals surface area contributed by atoms with Crippen molar-refractivity contribution in [1.29, 1.82) is 0 Å². The summed E-state index contributed by atoms with van der Waals surface area (Å²) in [5.74, 6) is -0.248. The van der Waals surface area contributed by atoms with Gasteiger partial charge in [-0.25, -0.2) is 0 Å². The molecule has 1 rings (SSSR count). The fourth-order valence-corrected chi connectivity index (χ4v) is 1.36. The van der Waals surface area contributed by atoms with Gasteiger partial charge in [-0.15, -0.1) is 0 Å². The molecule has 1 amide bonds. The highest BCUT2D eigenvalue weighted by molar-refractivity contribution is 6.35. The summed E-state index contributed by atoms with van der Waals surface area (Å²) in [6.07, 6.45) is 6.65. The van der Waals surface area contributed by atoms with Gasteiger partial charge in [0.1, 0.15) is 0 Å². The minimum absolute atomic E-state index is 0.248. The smallest absolute Gasteiger partial charge is 0.248 e. The first kappa shape index (κ1) is 12.8. The van der Waals surface area contributed by atoms with Crippen LogP contribution in [0, 0.1) is 0 Å². The van der Waals surface area contributed by atoms with Crippen molar-refractivity contribution in [2.75, 3.05) is 5.32 Å². The van der Waals surface area contributed by atoms with E-state index in [9.17, 15) is 4.79 Å². The molecule has 0 spiro atoms. The molecule has 0 aliphatic heterocycles. The average molecular weight is 256 g/mol. The Morgan fingerprint density at radius 3 is 2.75 bits per heavy atom. The van der Waals surface area contributed by atoms with Crippen LogP contribution in [0.5, 0.6) is 0 Å². The normalized spacial score (nSPS) is 11.2. The van der Waals surface area contributed by atoms with Crippen molar-refractivity contribution in [2.45, 2.75) is 6.92 Å². The molecular weight excluding hydrogens is 245 g/mol. The first-order valence-electron chi connectivity index (χ1n) is 4.69. The van der Waals surface area contributed by atoms with Gasteiger partial charge in [0.2, 0.25) is 5.91 Å². The van der Waals surface area contributed by atoms with Crippen molar-refractivity contribution in [1.82, 2.24) is 0 Å². The van der Waals surface area contributed by atoms with Crippen molar-refractivity contribution in [2.24, 2.45) is 0 Å². The minimum Gasteiger partial charge on any atom is -0.321 e. The number of amides is 1. The van der Waals surface area contributed by atoms with E-state index in [-0.39, 0.29) is 5.91 Å².